The number of para-hydroxylation sites is 1. The van der Waals surface area contributed by atoms with Crippen molar-refractivity contribution in [3.8, 4) is 0 Å². The summed E-state index contributed by atoms with van der Waals surface area (Å²) < 4.78 is 5.68. The fourth-order valence-corrected chi connectivity index (χ4v) is 2.59. The number of fused-ring (bicyclic) bond motifs is 1. The maximum absolute atomic E-state index is 5.68. The highest BCUT2D eigenvalue weighted by atomic mass is 16.3. The minimum atomic E-state index is 0.109. The number of aromatic nitrogens is 1. The molecule has 1 N–H and O–H groups in total. The first-order valence-electron chi connectivity index (χ1n) is 6.91. The van der Waals surface area contributed by atoms with Crippen molar-refractivity contribution in [3.63, 3.8) is 0 Å². The van der Waals surface area contributed by atoms with Gasteiger partial charge in [-0.15, -0.1) is 0 Å². The van der Waals surface area contributed by atoms with Gasteiger partial charge < -0.3 is 9.73 Å². The summed E-state index contributed by atoms with van der Waals surface area (Å²) in [6.45, 7) is 5.11. The number of benzene rings is 1. The normalized spacial score (nSPS) is 12.7. The molecular weight excluding hydrogens is 248 g/mol. The number of furan rings is 1. The van der Waals surface area contributed by atoms with E-state index in [4.69, 9.17) is 4.42 Å². The molecule has 0 saturated heterocycles. The van der Waals surface area contributed by atoms with E-state index in [0.717, 1.165) is 17.5 Å². The van der Waals surface area contributed by atoms with Crippen molar-refractivity contribution in [1.29, 1.82) is 0 Å². The molecule has 0 bridgehead atoms. The third kappa shape index (κ3) is 2.21. The number of nitrogens with one attached hydrogen (secondary N) is 1. The van der Waals surface area contributed by atoms with Crippen LogP contribution in [0.5, 0.6) is 0 Å². The standard InChI is InChI=1S/C17H18N2O/c1-3-19-17(14-10-18-9-8-12(14)2)15-11-20-16-7-5-4-6-13(15)16/h4-11,17,19H,3H2,1-2H3. The summed E-state index contributed by atoms with van der Waals surface area (Å²) in [5.41, 5.74) is 4.52. The monoisotopic (exact) mass is 266 g/mol. The maximum atomic E-state index is 5.68. The molecule has 2 aromatic heterocycles. The van der Waals surface area contributed by atoms with E-state index in [1.165, 1.54) is 16.7 Å². The number of aryl methyl sites for hydroxylation is 1. The molecule has 3 aromatic rings. The highest BCUT2D eigenvalue weighted by Crippen LogP contribution is 2.31. The molecule has 0 fully saturated rings. The maximum Gasteiger partial charge on any atom is 0.134 e. The molecule has 3 heteroatoms. The third-order valence-corrected chi connectivity index (χ3v) is 3.62. The van der Waals surface area contributed by atoms with E-state index < -0.39 is 0 Å². The summed E-state index contributed by atoms with van der Waals surface area (Å²) >= 11 is 0. The van der Waals surface area contributed by atoms with Crippen LogP contribution in [0.15, 0.2) is 53.4 Å². The Bertz CT molecular complexity index is 718. The Labute approximate surface area is 118 Å². The molecule has 0 radical (unpaired) electrons. The quantitative estimate of drug-likeness (QED) is 0.779. The van der Waals surface area contributed by atoms with Crippen LogP contribution in [0.1, 0.15) is 29.7 Å². The molecule has 1 atom stereocenters. The Kier molecular flexibility index (Phi) is 3.52. The van der Waals surface area contributed by atoms with E-state index in [0.29, 0.717) is 0 Å². The molecule has 1 aromatic carbocycles. The lowest BCUT2D eigenvalue weighted by Crippen LogP contribution is -2.22. The second-order valence-electron chi connectivity index (χ2n) is 4.91. The lowest BCUT2D eigenvalue weighted by molar-refractivity contribution is 0.583. The van der Waals surface area contributed by atoms with Crippen LogP contribution >= 0.6 is 0 Å². The van der Waals surface area contributed by atoms with Crippen LogP contribution in [-0.2, 0) is 0 Å². The summed E-state index contributed by atoms with van der Waals surface area (Å²) in [4.78, 5) is 4.27. The van der Waals surface area contributed by atoms with Crippen LogP contribution in [0.2, 0.25) is 0 Å². The molecule has 3 nitrogen and oxygen atoms in total. The Morgan fingerprint density at radius 3 is 2.85 bits per heavy atom. The van der Waals surface area contributed by atoms with Gasteiger partial charge in [0.2, 0.25) is 0 Å². The Morgan fingerprint density at radius 2 is 2.05 bits per heavy atom. The summed E-state index contributed by atoms with van der Waals surface area (Å²) in [6, 6.07) is 10.3. The highest BCUT2D eigenvalue weighted by molar-refractivity contribution is 5.82. The zero-order valence-electron chi connectivity index (χ0n) is 11.8. The van der Waals surface area contributed by atoms with Crippen LogP contribution in [-0.4, -0.2) is 11.5 Å². The summed E-state index contributed by atoms with van der Waals surface area (Å²) in [5.74, 6) is 0. The topological polar surface area (TPSA) is 38.1 Å². The van der Waals surface area contributed by atoms with Gasteiger partial charge in [0.05, 0.1) is 12.3 Å². The molecule has 0 aliphatic carbocycles. The van der Waals surface area contributed by atoms with Crippen LogP contribution in [0.4, 0.5) is 0 Å². The lowest BCUT2D eigenvalue weighted by atomic mass is 9.96. The second kappa shape index (κ2) is 5.47. The van der Waals surface area contributed by atoms with Gasteiger partial charge in [0.15, 0.2) is 0 Å². The van der Waals surface area contributed by atoms with Crippen LogP contribution in [0.25, 0.3) is 11.0 Å². The number of hydrogen-bond acceptors (Lipinski definition) is 3. The van der Waals surface area contributed by atoms with Gasteiger partial charge in [0.25, 0.3) is 0 Å². The number of hydrogen-bond donors (Lipinski definition) is 1. The van der Waals surface area contributed by atoms with Gasteiger partial charge in [-0.1, -0.05) is 25.1 Å². The van der Waals surface area contributed by atoms with Crippen molar-refractivity contribution >= 4 is 11.0 Å². The van der Waals surface area contributed by atoms with Crippen molar-refractivity contribution in [2.75, 3.05) is 6.54 Å². The van der Waals surface area contributed by atoms with E-state index >= 15 is 0 Å². The summed E-state index contributed by atoms with van der Waals surface area (Å²) in [7, 11) is 0. The van der Waals surface area contributed by atoms with Crippen molar-refractivity contribution < 1.29 is 4.42 Å². The molecule has 3 rings (SSSR count). The molecule has 102 valence electrons. The summed E-state index contributed by atoms with van der Waals surface area (Å²) in [6.07, 6.45) is 5.62. The lowest BCUT2D eigenvalue weighted by Gasteiger charge is -2.19. The molecule has 0 saturated carbocycles. The first-order chi connectivity index (χ1) is 9.81. The third-order valence-electron chi connectivity index (χ3n) is 3.62. The molecule has 0 spiro atoms. The number of nitrogens with zero attached hydrogens (tertiary/aromatic N) is 1. The highest BCUT2D eigenvalue weighted by Gasteiger charge is 2.19. The number of pyridine rings is 1. The fourth-order valence-electron chi connectivity index (χ4n) is 2.59. The first kappa shape index (κ1) is 12.9. The van der Waals surface area contributed by atoms with Gasteiger partial charge >= 0.3 is 0 Å². The largest absolute Gasteiger partial charge is 0.464 e. The predicted octanol–water partition coefficient (Wildman–Crippen LogP) is 3.84. The minimum absolute atomic E-state index is 0.109. The van der Waals surface area contributed by atoms with Crippen LogP contribution in [0, 0.1) is 6.92 Å². The van der Waals surface area contributed by atoms with Crippen molar-refractivity contribution in [3.05, 3.63) is 65.7 Å². The molecule has 0 amide bonds. The number of rotatable bonds is 4. The first-order valence-corrected chi connectivity index (χ1v) is 6.91. The van der Waals surface area contributed by atoms with Crippen molar-refractivity contribution in [2.24, 2.45) is 0 Å². The van der Waals surface area contributed by atoms with Gasteiger partial charge in [0, 0.05) is 23.3 Å². The van der Waals surface area contributed by atoms with Gasteiger partial charge in [0.1, 0.15) is 5.58 Å². The van der Waals surface area contributed by atoms with Gasteiger partial charge in [-0.25, -0.2) is 0 Å². The molecule has 2 heterocycles. The zero-order chi connectivity index (χ0) is 13.9. The molecule has 0 aliphatic rings. The Morgan fingerprint density at radius 1 is 1.20 bits per heavy atom. The van der Waals surface area contributed by atoms with E-state index in [2.05, 4.69) is 30.2 Å². The molecule has 0 aliphatic heterocycles. The Hall–Kier alpha value is -2.13. The van der Waals surface area contributed by atoms with Gasteiger partial charge in [-0.3, -0.25) is 4.98 Å². The van der Waals surface area contributed by atoms with Crippen molar-refractivity contribution in [2.45, 2.75) is 19.9 Å². The average molecular weight is 266 g/mol. The van der Waals surface area contributed by atoms with E-state index in [9.17, 15) is 0 Å². The van der Waals surface area contributed by atoms with Crippen LogP contribution in [0.3, 0.4) is 0 Å². The molecule has 20 heavy (non-hydrogen) atoms. The average Bonchev–Trinajstić information content (AvgIpc) is 2.90. The van der Waals surface area contributed by atoms with Gasteiger partial charge in [-0.2, -0.15) is 0 Å². The fraction of sp³-hybridized carbons (Fsp3) is 0.235. The SMILES string of the molecule is CCNC(c1cnccc1C)c1coc2ccccc12. The summed E-state index contributed by atoms with van der Waals surface area (Å²) in [5, 5.41) is 4.69. The second-order valence-corrected chi connectivity index (χ2v) is 4.91. The van der Waals surface area contributed by atoms with Crippen LogP contribution < -0.4 is 5.32 Å². The van der Waals surface area contributed by atoms with E-state index in [1.54, 1.807) is 0 Å². The Balaban J connectivity index is 2.14. The smallest absolute Gasteiger partial charge is 0.134 e. The van der Waals surface area contributed by atoms with E-state index in [1.807, 2.05) is 42.9 Å². The molecule has 1 unspecified atom stereocenters. The molecular formula is C17H18N2O. The predicted molar refractivity (Wildman–Crippen MR) is 80.7 cm³/mol. The zero-order valence-corrected chi connectivity index (χ0v) is 11.8. The van der Waals surface area contributed by atoms with E-state index in [-0.39, 0.29) is 6.04 Å². The minimum Gasteiger partial charge on any atom is -0.464 e. The van der Waals surface area contributed by atoms with Gasteiger partial charge in [-0.05, 0) is 36.7 Å². The van der Waals surface area contributed by atoms with Crippen molar-refractivity contribution in [1.82, 2.24) is 10.3 Å².